The van der Waals surface area contributed by atoms with Gasteiger partial charge in [-0.15, -0.1) is 0 Å². The van der Waals surface area contributed by atoms with Crippen molar-refractivity contribution in [1.29, 1.82) is 0 Å². The van der Waals surface area contributed by atoms with Gasteiger partial charge in [-0.1, -0.05) is 117 Å². The Morgan fingerprint density at radius 2 is 1.32 bits per heavy atom. The largest absolute Gasteiger partial charge is 0.256 e. The molecule has 38 heavy (non-hydrogen) atoms. The lowest BCUT2D eigenvalue weighted by Gasteiger charge is -2.10. The number of nitrogens with zero attached hydrogens (tertiary/aromatic N) is 3. The van der Waals surface area contributed by atoms with E-state index >= 15 is 0 Å². The maximum absolute atomic E-state index is 4.88. The van der Waals surface area contributed by atoms with E-state index < -0.39 is 0 Å². The average Bonchev–Trinajstić information content (AvgIpc) is 3.42. The zero-order valence-electron chi connectivity index (χ0n) is 21.8. The monoisotopic (exact) mass is 493 g/mol. The van der Waals surface area contributed by atoms with E-state index in [0.29, 0.717) is 5.92 Å². The van der Waals surface area contributed by atoms with Gasteiger partial charge in [-0.3, -0.25) is 4.98 Å². The Morgan fingerprint density at radius 3 is 2.03 bits per heavy atom. The standard InChI is InChI=1S/C26H24N2.C9H7N/c1-20(2)22-14-17-25(18-15-22)28-26(23-11-7-4-8-12-23)19-24(27-28)16-13-21-9-5-3-6-10-21;1-2-6-9-8(4-1)5-3-7-10-9/h3-20H,1-2H3;1-7H. The summed E-state index contributed by atoms with van der Waals surface area (Å²) in [4.78, 5) is 4.18. The van der Waals surface area contributed by atoms with E-state index in [0.717, 1.165) is 28.2 Å². The highest BCUT2D eigenvalue weighted by molar-refractivity contribution is 5.77. The number of pyridine rings is 1. The van der Waals surface area contributed by atoms with Gasteiger partial charge in [0.05, 0.1) is 22.6 Å². The third-order valence-corrected chi connectivity index (χ3v) is 6.36. The molecule has 0 amide bonds. The van der Waals surface area contributed by atoms with Crippen molar-refractivity contribution in [3.05, 3.63) is 150 Å². The van der Waals surface area contributed by atoms with E-state index in [9.17, 15) is 0 Å². The van der Waals surface area contributed by atoms with Crippen LogP contribution in [0.1, 0.15) is 36.6 Å². The van der Waals surface area contributed by atoms with Crippen molar-refractivity contribution in [3.63, 3.8) is 0 Å². The molecule has 0 N–H and O–H groups in total. The summed E-state index contributed by atoms with van der Waals surface area (Å²) in [5, 5.41) is 6.08. The van der Waals surface area contributed by atoms with Crippen LogP contribution in [-0.2, 0) is 0 Å². The van der Waals surface area contributed by atoms with Gasteiger partial charge in [0.15, 0.2) is 0 Å². The molecule has 6 aromatic rings. The summed E-state index contributed by atoms with van der Waals surface area (Å²) in [5.74, 6) is 0.518. The van der Waals surface area contributed by atoms with Gasteiger partial charge in [-0.05, 0) is 53.5 Å². The van der Waals surface area contributed by atoms with Crippen LogP contribution in [-0.4, -0.2) is 14.8 Å². The van der Waals surface area contributed by atoms with Gasteiger partial charge in [0.1, 0.15) is 0 Å². The zero-order chi connectivity index (χ0) is 26.2. The Labute approximate surface area is 224 Å². The highest BCUT2D eigenvalue weighted by Gasteiger charge is 2.11. The molecule has 2 aromatic heterocycles. The van der Waals surface area contributed by atoms with Crippen LogP contribution in [0, 0.1) is 0 Å². The average molecular weight is 494 g/mol. The molecule has 0 atom stereocenters. The molecule has 0 unspecified atom stereocenters. The normalized spacial score (nSPS) is 11.0. The highest BCUT2D eigenvalue weighted by atomic mass is 15.3. The molecule has 0 bridgehead atoms. The molecule has 3 nitrogen and oxygen atoms in total. The van der Waals surface area contributed by atoms with E-state index in [-0.39, 0.29) is 0 Å². The van der Waals surface area contributed by atoms with Crippen LogP contribution < -0.4 is 0 Å². The quantitative estimate of drug-likeness (QED) is 0.240. The summed E-state index contributed by atoms with van der Waals surface area (Å²) in [6.07, 6.45) is 5.98. The lowest BCUT2D eigenvalue weighted by atomic mass is 10.0. The minimum atomic E-state index is 0.518. The first-order valence-electron chi connectivity index (χ1n) is 13.0. The Kier molecular flexibility index (Phi) is 7.86. The number of para-hydroxylation sites is 1. The van der Waals surface area contributed by atoms with Gasteiger partial charge < -0.3 is 0 Å². The first-order chi connectivity index (χ1) is 18.7. The SMILES string of the molecule is CC(C)c1ccc(-n2nc(C=Cc3ccccc3)cc2-c2ccccc2)cc1.c1ccc2ncccc2c1. The lowest BCUT2D eigenvalue weighted by molar-refractivity contribution is 0.855. The number of aromatic nitrogens is 3. The summed E-state index contributed by atoms with van der Waals surface area (Å²) in [6, 6.07) is 43.6. The first kappa shape index (κ1) is 24.9. The van der Waals surface area contributed by atoms with Crippen LogP contribution in [0.25, 0.3) is 40.0 Å². The summed E-state index contributed by atoms with van der Waals surface area (Å²) in [5.41, 5.74) is 7.82. The number of hydrogen-bond acceptors (Lipinski definition) is 2. The Bertz CT molecular complexity index is 1550. The fraction of sp³-hybridized carbons (Fsp3) is 0.0857. The molecule has 0 radical (unpaired) electrons. The van der Waals surface area contributed by atoms with Gasteiger partial charge in [0.25, 0.3) is 0 Å². The molecule has 0 aliphatic heterocycles. The molecule has 0 aliphatic rings. The van der Waals surface area contributed by atoms with Crippen LogP contribution in [0.5, 0.6) is 0 Å². The van der Waals surface area contributed by atoms with Crippen molar-refractivity contribution in [1.82, 2.24) is 14.8 Å². The predicted molar refractivity (Wildman–Crippen MR) is 160 cm³/mol. The van der Waals surface area contributed by atoms with E-state index in [2.05, 4.69) is 110 Å². The smallest absolute Gasteiger partial charge is 0.0862 e. The van der Waals surface area contributed by atoms with Crippen molar-refractivity contribution >= 4 is 23.1 Å². The maximum Gasteiger partial charge on any atom is 0.0862 e. The van der Waals surface area contributed by atoms with Gasteiger partial charge in [0.2, 0.25) is 0 Å². The van der Waals surface area contributed by atoms with Crippen molar-refractivity contribution in [3.8, 4) is 16.9 Å². The first-order valence-corrected chi connectivity index (χ1v) is 13.0. The molecule has 3 heteroatoms. The fourth-order valence-electron chi connectivity index (χ4n) is 4.25. The van der Waals surface area contributed by atoms with E-state index in [1.54, 1.807) is 0 Å². The number of rotatable bonds is 5. The molecule has 0 aliphatic carbocycles. The molecule has 0 saturated carbocycles. The van der Waals surface area contributed by atoms with Crippen molar-refractivity contribution in [2.45, 2.75) is 19.8 Å². The minimum Gasteiger partial charge on any atom is -0.256 e. The van der Waals surface area contributed by atoms with E-state index in [1.165, 1.54) is 16.5 Å². The van der Waals surface area contributed by atoms with Gasteiger partial charge in [0, 0.05) is 17.1 Å². The summed E-state index contributed by atoms with van der Waals surface area (Å²) in [7, 11) is 0. The molecular weight excluding hydrogens is 462 g/mol. The summed E-state index contributed by atoms with van der Waals surface area (Å²) < 4.78 is 2.03. The van der Waals surface area contributed by atoms with Gasteiger partial charge in [-0.25, -0.2) is 4.68 Å². The molecule has 2 heterocycles. The molecule has 6 rings (SSSR count). The second-order valence-electron chi connectivity index (χ2n) is 9.42. The van der Waals surface area contributed by atoms with Crippen LogP contribution >= 0.6 is 0 Å². The second kappa shape index (κ2) is 12.0. The minimum absolute atomic E-state index is 0.518. The third kappa shape index (κ3) is 6.13. The molecule has 4 aromatic carbocycles. The summed E-state index contributed by atoms with van der Waals surface area (Å²) >= 11 is 0. The van der Waals surface area contributed by atoms with E-state index in [4.69, 9.17) is 5.10 Å². The number of fused-ring (bicyclic) bond motifs is 1. The van der Waals surface area contributed by atoms with Crippen LogP contribution in [0.3, 0.4) is 0 Å². The fourth-order valence-corrected chi connectivity index (χ4v) is 4.25. The lowest BCUT2D eigenvalue weighted by Crippen LogP contribution is -2.00. The van der Waals surface area contributed by atoms with Crippen molar-refractivity contribution in [2.24, 2.45) is 0 Å². The molecule has 0 fully saturated rings. The molecular formula is C35H31N3. The van der Waals surface area contributed by atoms with Crippen LogP contribution in [0.15, 0.2) is 134 Å². The van der Waals surface area contributed by atoms with Crippen LogP contribution in [0.2, 0.25) is 0 Å². The third-order valence-electron chi connectivity index (χ3n) is 6.36. The van der Waals surface area contributed by atoms with Gasteiger partial charge >= 0.3 is 0 Å². The maximum atomic E-state index is 4.88. The van der Waals surface area contributed by atoms with E-state index in [1.807, 2.05) is 59.4 Å². The summed E-state index contributed by atoms with van der Waals surface area (Å²) in [6.45, 7) is 4.43. The molecule has 0 saturated heterocycles. The predicted octanol–water partition coefficient (Wildman–Crippen LogP) is 9.07. The number of hydrogen-bond donors (Lipinski definition) is 0. The Morgan fingerprint density at radius 1 is 0.658 bits per heavy atom. The van der Waals surface area contributed by atoms with Crippen molar-refractivity contribution in [2.75, 3.05) is 0 Å². The molecule has 186 valence electrons. The molecule has 0 spiro atoms. The van der Waals surface area contributed by atoms with Crippen LogP contribution in [0.4, 0.5) is 0 Å². The van der Waals surface area contributed by atoms with Crippen molar-refractivity contribution < 1.29 is 0 Å². The second-order valence-corrected chi connectivity index (χ2v) is 9.42. The Balaban J connectivity index is 0.000000244. The zero-order valence-corrected chi connectivity index (χ0v) is 21.8. The van der Waals surface area contributed by atoms with Gasteiger partial charge in [-0.2, -0.15) is 5.10 Å². The topological polar surface area (TPSA) is 30.7 Å². The number of benzene rings is 4. The Hall–Kier alpha value is -4.76. The highest BCUT2D eigenvalue weighted by Crippen LogP contribution is 2.26.